The van der Waals surface area contributed by atoms with Crippen molar-refractivity contribution in [3.8, 4) is 0 Å². The van der Waals surface area contributed by atoms with Gasteiger partial charge in [0.2, 0.25) is 11.8 Å². The average molecular weight is 396 g/mol. The Labute approximate surface area is 161 Å². The van der Waals surface area contributed by atoms with Gasteiger partial charge in [-0.1, -0.05) is 23.2 Å². The highest BCUT2D eigenvalue weighted by Crippen LogP contribution is 2.24. The summed E-state index contributed by atoms with van der Waals surface area (Å²) in [7, 11) is 0. The van der Waals surface area contributed by atoms with Gasteiger partial charge < -0.3 is 15.1 Å². The summed E-state index contributed by atoms with van der Waals surface area (Å²) in [6.07, 6.45) is 3.12. The number of rotatable bonds is 6. The Bertz CT molecular complexity index is 760. The number of carbonyl (C=O) groups is 2. The number of hydrogen-bond acceptors (Lipinski definition) is 4. The Kier molecular flexibility index (Phi) is 6.19. The molecule has 1 fully saturated rings. The first kappa shape index (κ1) is 18.8. The predicted molar refractivity (Wildman–Crippen MR) is 100 cm³/mol. The van der Waals surface area contributed by atoms with E-state index in [0.717, 1.165) is 6.42 Å². The van der Waals surface area contributed by atoms with Gasteiger partial charge >= 0.3 is 0 Å². The first-order chi connectivity index (χ1) is 12.5. The Morgan fingerprint density at radius 1 is 1.23 bits per heavy atom. The number of carbonyl (C=O) groups excluding carboxylic acids is 2. The lowest BCUT2D eigenvalue weighted by Crippen LogP contribution is -2.44. The van der Waals surface area contributed by atoms with Crippen molar-refractivity contribution in [3.63, 3.8) is 0 Å². The molecule has 0 radical (unpaired) electrons. The van der Waals surface area contributed by atoms with Crippen molar-refractivity contribution >= 4 is 40.7 Å². The summed E-state index contributed by atoms with van der Waals surface area (Å²) in [4.78, 5) is 26.6. The second-order valence-electron chi connectivity index (χ2n) is 6.13. The molecule has 0 aliphatic carbocycles. The predicted octanol–water partition coefficient (Wildman–Crippen LogP) is 3.31. The molecule has 8 heteroatoms. The van der Waals surface area contributed by atoms with Gasteiger partial charge in [0.25, 0.3) is 0 Å². The minimum absolute atomic E-state index is 0.146. The fourth-order valence-electron chi connectivity index (χ4n) is 3.00. The van der Waals surface area contributed by atoms with Gasteiger partial charge in [-0.25, -0.2) is 0 Å². The Morgan fingerprint density at radius 2 is 2.00 bits per heavy atom. The summed E-state index contributed by atoms with van der Waals surface area (Å²) >= 11 is 11.9. The van der Waals surface area contributed by atoms with Crippen LogP contribution in [-0.4, -0.2) is 35.8 Å². The molecule has 2 aromatic rings. The summed E-state index contributed by atoms with van der Waals surface area (Å²) in [6, 6.07) is 8.08. The van der Waals surface area contributed by atoms with Crippen molar-refractivity contribution in [3.05, 3.63) is 52.4 Å². The molecular formula is C18H19Cl2N3O3. The Hall–Kier alpha value is -2.02. The number of benzene rings is 1. The van der Waals surface area contributed by atoms with Crippen LogP contribution in [0.5, 0.6) is 0 Å². The first-order valence-electron chi connectivity index (χ1n) is 8.31. The fourth-order valence-corrected chi connectivity index (χ4v) is 3.53. The minimum atomic E-state index is -0.359. The molecule has 1 aliphatic rings. The lowest BCUT2D eigenvalue weighted by atomic mass is 10.2. The van der Waals surface area contributed by atoms with Crippen LogP contribution in [0.1, 0.15) is 18.6 Å². The zero-order chi connectivity index (χ0) is 18.5. The monoisotopic (exact) mass is 395 g/mol. The third-order valence-electron chi connectivity index (χ3n) is 4.18. The lowest BCUT2D eigenvalue weighted by molar-refractivity contribution is -0.125. The fraction of sp³-hybridized carbons (Fsp3) is 0.333. The van der Waals surface area contributed by atoms with Crippen LogP contribution in [0, 0.1) is 0 Å². The third-order valence-corrected chi connectivity index (χ3v) is 4.62. The highest BCUT2D eigenvalue weighted by Gasteiger charge is 2.32. The quantitative estimate of drug-likeness (QED) is 0.786. The third kappa shape index (κ3) is 5.00. The number of amides is 2. The van der Waals surface area contributed by atoms with E-state index in [-0.39, 0.29) is 24.4 Å². The van der Waals surface area contributed by atoms with Crippen molar-refractivity contribution < 1.29 is 14.0 Å². The second kappa shape index (κ2) is 8.58. The van der Waals surface area contributed by atoms with Crippen molar-refractivity contribution in [2.45, 2.75) is 25.4 Å². The van der Waals surface area contributed by atoms with E-state index in [0.29, 0.717) is 41.0 Å². The molecule has 0 saturated carbocycles. The van der Waals surface area contributed by atoms with Crippen LogP contribution >= 0.6 is 23.2 Å². The van der Waals surface area contributed by atoms with E-state index in [2.05, 4.69) is 10.6 Å². The van der Waals surface area contributed by atoms with Crippen molar-refractivity contribution in [1.82, 2.24) is 10.2 Å². The maximum Gasteiger partial charge on any atom is 0.241 e. The van der Waals surface area contributed by atoms with E-state index in [9.17, 15) is 9.59 Å². The van der Waals surface area contributed by atoms with Gasteiger partial charge in [-0.2, -0.15) is 0 Å². The molecule has 1 aromatic heterocycles. The number of nitrogens with zero attached hydrogens (tertiary/aromatic N) is 1. The van der Waals surface area contributed by atoms with Gasteiger partial charge in [-0.3, -0.25) is 14.5 Å². The van der Waals surface area contributed by atoms with Gasteiger partial charge in [0, 0.05) is 15.7 Å². The topological polar surface area (TPSA) is 74.6 Å². The maximum atomic E-state index is 12.6. The van der Waals surface area contributed by atoms with Crippen molar-refractivity contribution in [2.75, 3.05) is 18.4 Å². The number of anilines is 1. The molecule has 1 aromatic carbocycles. The molecule has 0 bridgehead atoms. The molecule has 2 N–H and O–H groups in total. The largest absolute Gasteiger partial charge is 0.467 e. The highest BCUT2D eigenvalue weighted by molar-refractivity contribution is 6.35. The van der Waals surface area contributed by atoms with Crippen molar-refractivity contribution in [2.24, 2.45) is 0 Å². The molecular weight excluding hydrogens is 377 g/mol. The normalized spacial score (nSPS) is 17.2. The summed E-state index contributed by atoms with van der Waals surface area (Å²) in [6.45, 7) is 1.19. The molecule has 0 unspecified atom stereocenters. The van der Waals surface area contributed by atoms with E-state index < -0.39 is 0 Å². The number of likely N-dealkylation sites (tertiary alicyclic amines) is 1. The molecule has 2 heterocycles. The van der Waals surface area contributed by atoms with Crippen LogP contribution in [0.15, 0.2) is 41.0 Å². The molecule has 2 amide bonds. The first-order valence-corrected chi connectivity index (χ1v) is 9.07. The van der Waals surface area contributed by atoms with Crippen LogP contribution in [0.2, 0.25) is 10.0 Å². The minimum Gasteiger partial charge on any atom is -0.467 e. The number of furan rings is 1. The van der Waals surface area contributed by atoms with Crippen LogP contribution in [-0.2, 0) is 16.1 Å². The second-order valence-corrected chi connectivity index (χ2v) is 7.00. The van der Waals surface area contributed by atoms with E-state index in [1.54, 1.807) is 36.6 Å². The van der Waals surface area contributed by atoms with E-state index in [4.69, 9.17) is 27.6 Å². The average Bonchev–Trinajstić information content (AvgIpc) is 3.23. The zero-order valence-electron chi connectivity index (χ0n) is 14.0. The van der Waals surface area contributed by atoms with E-state index in [1.807, 2.05) is 4.90 Å². The highest BCUT2D eigenvalue weighted by atomic mass is 35.5. The van der Waals surface area contributed by atoms with Crippen molar-refractivity contribution in [1.29, 1.82) is 0 Å². The molecule has 138 valence electrons. The van der Waals surface area contributed by atoms with Gasteiger partial charge in [0.1, 0.15) is 5.76 Å². The van der Waals surface area contributed by atoms with Crippen LogP contribution in [0.3, 0.4) is 0 Å². The molecule has 1 atom stereocenters. The summed E-state index contributed by atoms with van der Waals surface area (Å²) in [5.74, 6) is 0.374. The zero-order valence-corrected chi connectivity index (χ0v) is 15.5. The van der Waals surface area contributed by atoms with Gasteiger partial charge in [-0.15, -0.1) is 0 Å². The smallest absolute Gasteiger partial charge is 0.241 e. The Morgan fingerprint density at radius 3 is 2.69 bits per heavy atom. The van der Waals surface area contributed by atoms with Gasteiger partial charge in [0.05, 0.1) is 25.4 Å². The number of nitrogens with one attached hydrogen (secondary N) is 2. The van der Waals surface area contributed by atoms with E-state index in [1.165, 1.54) is 0 Å². The molecule has 6 nitrogen and oxygen atoms in total. The Balaban J connectivity index is 1.55. The SMILES string of the molecule is O=C(CN1CCC[C@@H]1C(=O)Nc1cc(Cl)cc(Cl)c1)NCc1ccco1. The van der Waals surface area contributed by atoms with Crippen LogP contribution < -0.4 is 10.6 Å². The standard InChI is InChI=1S/C18H19Cl2N3O3/c19-12-7-13(20)9-14(8-12)22-18(25)16-4-1-5-23(16)11-17(24)21-10-15-3-2-6-26-15/h2-3,6-9,16H,1,4-5,10-11H2,(H,21,24)(H,22,25)/t16-/m1/s1. The number of hydrogen-bond donors (Lipinski definition) is 2. The maximum absolute atomic E-state index is 12.6. The van der Waals surface area contributed by atoms with Gasteiger partial charge in [-0.05, 0) is 49.7 Å². The van der Waals surface area contributed by atoms with Crippen LogP contribution in [0.25, 0.3) is 0 Å². The molecule has 3 rings (SSSR count). The summed E-state index contributed by atoms with van der Waals surface area (Å²) in [5, 5.41) is 6.53. The lowest BCUT2D eigenvalue weighted by Gasteiger charge is -2.23. The number of halogens is 2. The molecule has 26 heavy (non-hydrogen) atoms. The summed E-state index contributed by atoms with van der Waals surface area (Å²) < 4.78 is 5.18. The van der Waals surface area contributed by atoms with Gasteiger partial charge in [0.15, 0.2) is 0 Å². The van der Waals surface area contributed by atoms with E-state index >= 15 is 0 Å². The van der Waals surface area contributed by atoms with Crippen LogP contribution in [0.4, 0.5) is 5.69 Å². The molecule has 1 saturated heterocycles. The molecule has 1 aliphatic heterocycles. The summed E-state index contributed by atoms with van der Waals surface area (Å²) in [5.41, 5.74) is 0.543. The molecule has 0 spiro atoms.